The number of piperidine rings is 1. The topological polar surface area (TPSA) is 15.3 Å². The quantitative estimate of drug-likeness (QED) is 0.884. The molecule has 0 amide bonds. The number of rotatable bonds is 4. The van der Waals surface area contributed by atoms with Gasteiger partial charge >= 0.3 is 0 Å². The highest BCUT2D eigenvalue weighted by Gasteiger charge is 2.23. The van der Waals surface area contributed by atoms with Crippen LogP contribution < -0.4 is 5.32 Å². The third-order valence-electron chi connectivity index (χ3n) is 3.92. The molecule has 1 aliphatic heterocycles. The van der Waals surface area contributed by atoms with Gasteiger partial charge in [0.1, 0.15) is 5.82 Å². The molecule has 2 atom stereocenters. The highest BCUT2D eigenvalue weighted by Crippen LogP contribution is 2.26. The Hall–Kier alpha value is -0.930. The summed E-state index contributed by atoms with van der Waals surface area (Å²) in [7, 11) is 2.01. The molecule has 0 bridgehead atoms. The van der Waals surface area contributed by atoms with Gasteiger partial charge < -0.3 is 5.32 Å². The fourth-order valence-corrected chi connectivity index (χ4v) is 2.88. The zero-order chi connectivity index (χ0) is 13.0. The van der Waals surface area contributed by atoms with Gasteiger partial charge in [-0.1, -0.05) is 12.1 Å². The molecule has 1 fully saturated rings. The Balaban J connectivity index is 2.02. The molecule has 0 aromatic heterocycles. The van der Waals surface area contributed by atoms with Crippen LogP contribution in [0.2, 0.25) is 0 Å². The lowest BCUT2D eigenvalue weighted by Crippen LogP contribution is -2.40. The molecule has 2 unspecified atom stereocenters. The third kappa shape index (κ3) is 3.30. The van der Waals surface area contributed by atoms with Crippen molar-refractivity contribution in [1.29, 1.82) is 0 Å². The van der Waals surface area contributed by atoms with E-state index in [1.165, 1.54) is 18.9 Å². The van der Waals surface area contributed by atoms with E-state index in [9.17, 15) is 4.39 Å². The minimum atomic E-state index is -0.136. The first-order valence-electron chi connectivity index (χ1n) is 6.85. The van der Waals surface area contributed by atoms with Crippen LogP contribution in [-0.2, 0) is 0 Å². The second-order valence-electron chi connectivity index (χ2n) is 5.29. The van der Waals surface area contributed by atoms with Crippen molar-refractivity contribution in [1.82, 2.24) is 10.2 Å². The van der Waals surface area contributed by atoms with Crippen LogP contribution >= 0.6 is 0 Å². The third-order valence-corrected chi connectivity index (χ3v) is 3.92. The van der Waals surface area contributed by atoms with Crippen LogP contribution in [0.25, 0.3) is 0 Å². The van der Waals surface area contributed by atoms with Crippen LogP contribution in [-0.4, -0.2) is 31.6 Å². The summed E-state index contributed by atoms with van der Waals surface area (Å²) in [5.74, 6) is 0.586. The molecule has 18 heavy (non-hydrogen) atoms. The Morgan fingerprint density at radius 3 is 3.06 bits per heavy atom. The molecule has 1 aliphatic rings. The predicted octanol–water partition coefficient (Wildman–Crippen LogP) is 2.82. The lowest BCUT2D eigenvalue weighted by atomic mass is 9.95. The highest BCUT2D eigenvalue weighted by molar-refractivity contribution is 5.19. The molecule has 2 nitrogen and oxygen atoms in total. The van der Waals surface area contributed by atoms with E-state index in [1.807, 2.05) is 13.1 Å². The second kappa shape index (κ2) is 6.30. The minimum Gasteiger partial charge on any atom is -0.319 e. The van der Waals surface area contributed by atoms with Crippen LogP contribution in [0.4, 0.5) is 4.39 Å². The van der Waals surface area contributed by atoms with Crippen molar-refractivity contribution in [3.8, 4) is 0 Å². The summed E-state index contributed by atoms with van der Waals surface area (Å²) in [4.78, 5) is 2.47. The smallest absolute Gasteiger partial charge is 0.123 e. The lowest BCUT2D eigenvalue weighted by Gasteiger charge is -2.37. The normalized spacial score (nSPS) is 22.9. The van der Waals surface area contributed by atoms with Crippen molar-refractivity contribution in [2.45, 2.75) is 25.8 Å². The molecule has 0 radical (unpaired) electrons. The first-order chi connectivity index (χ1) is 8.70. The molecule has 100 valence electrons. The van der Waals surface area contributed by atoms with Crippen LogP contribution in [0.15, 0.2) is 24.3 Å². The van der Waals surface area contributed by atoms with Crippen molar-refractivity contribution in [3.63, 3.8) is 0 Å². The van der Waals surface area contributed by atoms with Gasteiger partial charge in [-0.3, -0.25) is 4.90 Å². The molecular weight excluding hydrogens is 227 g/mol. The van der Waals surface area contributed by atoms with Gasteiger partial charge in [-0.25, -0.2) is 4.39 Å². The van der Waals surface area contributed by atoms with E-state index < -0.39 is 0 Å². The largest absolute Gasteiger partial charge is 0.319 e. The first kappa shape index (κ1) is 13.5. The Morgan fingerprint density at radius 2 is 2.33 bits per heavy atom. The number of nitrogens with one attached hydrogen (secondary N) is 1. The zero-order valence-corrected chi connectivity index (χ0v) is 11.3. The Labute approximate surface area is 109 Å². The van der Waals surface area contributed by atoms with Crippen molar-refractivity contribution < 1.29 is 4.39 Å². The number of halogens is 1. The van der Waals surface area contributed by atoms with E-state index in [4.69, 9.17) is 0 Å². The summed E-state index contributed by atoms with van der Waals surface area (Å²) < 4.78 is 13.3. The number of nitrogens with zero attached hydrogens (tertiary/aromatic N) is 1. The van der Waals surface area contributed by atoms with E-state index in [1.54, 1.807) is 12.1 Å². The summed E-state index contributed by atoms with van der Waals surface area (Å²) in [6.45, 7) is 5.49. The van der Waals surface area contributed by atoms with Gasteiger partial charge in [0.05, 0.1) is 0 Å². The maximum Gasteiger partial charge on any atom is 0.123 e. The van der Waals surface area contributed by atoms with Crippen LogP contribution in [0.5, 0.6) is 0 Å². The van der Waals surface area contributed by atoms with Gasteiger partial charge in [0.2, 0.25) is 0 Å². The molecule has 0 spiro atoms. The number of hydrogen-bond donors (Lipinski definition) is 1. The second-order valence-corrected chi connectivity index (χ2v) is 5.29. The van der Waals surface area contributed by atoms with E-state index in [0.29, 0.717) is 6.04 Å². The van der Waals surface area contributed by atoms with Crippen LogP contribution in [0.3, 0.4) is 0 Å². The van der Waals surface area contributed by atoms with Crippen molar-refractivity contribution >= 4 is 0 Å². The van der Waals surface area contributed by atoms with Gasteiger partial charge in [0.15, 0.2) is 0 Å². The summed E-state index contributed by atoms with van der Waals surface area (Å²) in [6, 6.07) is 7.30. The number of benzene rings is 1. The summed E-state index contributed by atoms with van der Waals surface area (Å²) in [6.07, 6.45) is 2.54. The molecule has 1 N–H and O–H groups in total. The van der Waals surface area contributed by atoms with Crippen molar-refractivity contribution in [2.75, 3.05) is 26.7 Å². The Kier molecular flexibility index (Phi) is 4.72. The van der Waals surface area contributed by atoms with E-state index in [2.05, 4.69) is 17.1 Å². The molecule has 2 rings (SSSR count). The molecular formula is C15H23FN2. The lowest BCUT2D eigenvalue weighted by molar-refractivity contribution is 0.131. The molecule has 1 aromatic carbocycles. The Morgan fingerprint density at radius 1 is 1.50 bits per heavy atom. The molecule has 0 aliphatic carbocycles. The average Bonchev–Trinajstić information content (AvgIpc) is 2.39. The van der Waals surface area contributed by atoms with Crippen LogP contribution in [0.1, 0.15) is 31.4 Å². The van der Waals surface area contributed by atoms with E-state index in [0.717, 1.165) is 31.1 Å². The van der Waals surface area contributed by atoms with E-state index >= 15 is 0 Å². The first-order valence-corrected chi connectivity index (χ1v) is 6.85. The molecule has 1 heterocycles. The minimum absolute atomic E-state index is 0.136. The fourth-order valence-electron chi connectivity index (χ4n) is 2.88. The predicted molar refractivity (Wildman–Crippen MR) is 73.0 cm³/mol. The SMILES string of the molecule is CNCC1CCCN(C(C)c2cccc(F)c2)C1. The van der Waals surface area contributed by atoms with Crippen molar-refractivity contribution in [3.05, 3.63) is 35.6 Å². The van der Waals surface area contributed by atoms with Crippen molar-refractivity contribution in [2.24, 2.45) is 5.92 Å². The highest BCUT2D eigenvalue weighted by atomic mass is 19.1. The summed E-state index contributed by atoms with van der Waals surface area (Å²) in [5, 5.41) is 3.26. The van der Waals surface area contributed by atoms with Gasteiger partial charge in [-0.15, -0.1) is 0 Å². The van der Waals surface area contributed by atoms with Gasteiger partial charge in [-0.2, -0.15) is 0 Å². The summed E-state index contributed by atoms with van der Waals surface area (Å²) >= 11 is 0. The zero-order valence-electron chi connectivity index (χ0n) is 11.3. The summed E-state index contributed by atoms with van der Waals surface area (Å²) in [5.41, 5.74) is 1.08. The maximum atomic E-state index is 13.3. The van der Waals surface area contributed by atoms with Crippen LogP contribution in [0, 0.1) is 11.7 Å². The fraction of sp³-hybridized carbons (Fsp3) is 0.600. The monoisotopic (exact) mass is 250 g/mol. The Bertz CT molecular complexity index is 379. The maximum absolute atomic E-state index is 13.3. The molecule has 0 saturated carbocycles. The number of likely N-dealkylation sites (tertiary alicyclic amines) is 1. The molecule has 3 heteroatoms. The molecule has 1 aromatic rings. The standard InChI is InChI=1S/C15H23FN2/c1-12(14-6-3-7-15(16)9-14)18-8-4-5-13(11-18)10-17-2/h3,6-7,9,12-13,17H,4-5,8,10-11H2,1-2H3. The number of hydrogen-bond acceptors (Lipinski definition) is 2. The average molecular weight is 250 g/mol. The van der Waals surface area contributed by atoms with Gasteiger partial charge in [-0.05, 0) is 63.5 Å². The molecule has 1 saturated heterocycles. The van der Waals surface area contributed by atoms with Gasteiger partial charge in [0, 0.05) is 12.6 Å². The van der Waals surface area contributed by atoms with E-state index in [-0.39, 0.29) is 5.82 Å². The van der Waals surface area contributed by atoms with Gasteiger partial charge in [0.25, 0.3) is 0 Å².